The van der Waals surface area contributed by atoms with Crippen molar-refractivity contribution in [2.24, 2.45) is 5.92 Å². The fourth-order valence-electron chi connectivity index (χ4n) is 2.45. The third-order valence-corrected chi connectivity index (χ3v) is 5.56. The van der Waals surface area contributed by atoms with E-state index in [1.54, 1.807) is 48.5 Å². The highest BCUT2D eigenvalue weighted by atomic mass is 31.2. The van der Waals surface area contributed by atoms with Gasteiger partial charge in [0, 0.05) is 5.92 Å². The Balaban J connectivity index is 1.90. The zero-order chi connectivity index (χ0) is 17.8. The van der Waals surface area contributed by atoms with Crippen LogP contribution in [0.15, 0.2) is 85.0 Å². The minimum Gasteiger partial charge on any atom is -0.395 e. The summed E-state index contributed by atoms with van der Waals surface area (Å²) in [5.74, 6) is 0.867. The van der Waals surface area contributed by atoms with Crippen LogP contribution in [0.2, 0.25) is 0 Å². The summed E-state index contributed by atoms with van der Waals surface area (Å²) >= 11 is 0. The standard InChI is InChI=1S/C20H21O4P/c1-17-11-9-10-16-20(17,2)24-25(21,22-18-12-5-3-6-13-18)23-19-14-7-4-8-15-19/h3-17H,1-2H3. The van der Waals surface area contributed by atoms with Crippen LogP contribution in [0.3, 0.4) is 0 Å². The second-order valence-corrected chi connectivity index (χ2v) is 7.51. The van der Waals surface area contributed by atoms with Gasteiger partial charge >= 0.3 is 7.82 Å². The lowest BCUT2D eigenvalue weighted by Gasteiger charge is -2.34. The molecule has 0 saturated heterocycles. The Morgan fingerprint density at radius 3 is 1.88 bits per heavy atom. The zero-order valence-corrected chi connectivity index (χ0v) is 15.1. The first-order valence-electron chi connectivity index (χ1n) is 8.15. The van der Waals surface area contributed by atoms with Crippen LogP contribution in [-0.2, 0) is 9.09 Å². The first-order chi connectivity index (χ1) is 12.0. The summed E-state index contributed by atoms with van der Waals surface area (Å²) in [5.41, 5.74) is -0.798. The van der Waals surface area contributed by atoms with Gasteiger partial charge in [-0.15, -0.1) is 0 Å². The molecule has 0 bridgehead atoms. The van der Waals surface area contributed by atoms with E-state index in [0.29, 0.717) is 11.5 Å². The number of phosphoric acid groups is 1. The van der Waals surface area contributed by atoms with Gasteiger partial charge in [-0.3, -0.25) is 4.52 Å². The number of allylic oxidation sites excluding steroid dienone is 2. The lowest BCUT2D eigenvalue weighted by Crippen LogP contribution is -2.34. The summed E-state index contributed by atoms with van der Waals surface area (Å²) in [6.45, 7) is 3.86. The van der Waals surface area contributed by atoms with E-state index in [1.807, 2.05) is 50.3 Å². The number of rotatable bonds is 6. The number of benzene rings is 2. The third kappa shape index (κ3) is 4.41. The van der Waals surface area contributed by atoms with Crippen LogP contribution in [0.5, 0.6) is 11.5 Å². The number of phosphoric ester groups is 1. The maximum atomic E-state index is 13.4. The third-order valence-electron chi connectivity index (χ3n) is 4.07. The summed E-state index contributed by atoms with van der Waals surface area (Å²) in [5, 5.41) is 0. The molecule has 3 rings (SSSR count). The molecule has 25 heavy (non-hydrogen) atoms. The van der Waals surface area contributed by atoms with Crippen molar-refractivity contribution in [2.75, 3.05) is 0 Å². The van der Waals surface area contributed by atoms with Gasteiger partial charge in [0.25, 0.3) is 0 Å². The van der Waals surface area contributed by atoms with Crippen LogP contribution in [0.1, 0.15) is 13.8 Å². The van der Waals surface area contributed by atoms with E-state index in [9.17, 15) is 4.57 Å². The minimum atomic E-state index is -3.92. The van der Waals surface area contributed by atoms with Crippen LogP contribution in [-0.4, -0.2) is 5.60 Å². The molecule has 0 aromatic heterocycles. The molecule has 0 N–H and O–H groups in total. The van der Waals surface area contributed by atoms with Gasteiger partial charge in [0.05, 0.1) is 0 Å². The zero-order valence-electron chi connectivity index (χ0n) is 14.2. The van der Waals surface area contributed by atoms with Crippen molar-refractivity contribution in [3.63, 3.8) is 0 Å². The Hall–Kier alpha value is -2.29. The molecule has 0 aliphatic heterocycles. The van der Waals surface area contributed by atoms with Crippen molar-refractivity contribution in [1.82, 2.24) is 0 Å². The van der Waals surface area contributed by atoms with Crippen LogP contribution in [0.4, 0.5) is 0 Å². The van der Waals surface area contributed by atoms with Crippen molar-refractivity contribution in [3.05, 3.63) is 85.0 Å². The molecule has 0 amide bonds. The average Bonchev–Trinajstić information content (AvgIpc) is 2.59. The molecule has 2 aromatic rings. The van der Waals surface area contributed by atoms with Gasteiger partial charge in [-0.05, 0) is 31.2 Å². The quantitative estimate of drug-likeness (QED) is 0.615. The molecule has 0 saturated carbocycles. The Bertz CT molecular complexity index is 755. The van der Waals surface area contributed by atoms with Crippen molar-refractivity contribution < 1.29 is 18.1 Å². The maximum absolute atomic E-state index is 13.4. The maximum Gasteiger partial charge on any atom is 0.588 e. The largest absolute Gasteiger partial charge is 0.588 e. The van der Waals surface area contributed by atoms with Gasteiger partial charge < -0.3 is 9.05 Å². The summed E-state index contributed by atoms with van der Waals surface area (Å²) in [6, 6.07) is 17.8. The highest BCUT2D eigenvalue weighted by molar-refractivity contribution is 7.49. The van der Waals surface area contributed by atoms with Gasteiger partial charge in [0.2, 0.25) is 0 Å². The van der Waals surface area contributed by atoms with Gasteiger partial charge in [-0.2, -0.15) is 0 Å². The fraction of sp³-hybridized carbons (Fsp3) is 0.200. The highest BCUT2D eigenvalue weighted by Crippen LogP contribution is 2.54. The van der Waals surface area contributed by atoms with Crippen LogP contribution < -0.4 is 9.05 Å². The molecule has 0 radical (unpaired) electrons. The Labute approximate surface area is 148 Å². The highest BCUT2D eigenvalue weighted by Gasteiger charge is 2.42. The Kier molecular flexibility index (Phi) is 5.12. The van der Waals surface area contributed by atoms with E-state index in [1.165, 1.54) is 0 Å². The molecule has 5 heteroatoms. The van der Waals surface area contributed by atoms with Crippen molar-refractivity contribution in [2.45, 2.75) is 19.4 Å². The SMILES string of the molecule is CC1C=CC=CC1(C)OP(=O)(Oc1ccccc1)Oc1ccccc1. The molecule has 1 aliphatic rings. The molecule has 130 valence electrons. The molecule has 0 fully saturated rings. The number of hydrogen-bond donors (Lipinski definition) is 0. The van der Waals surface area contributed by atoms with E-state index in [0.717, 1.165) is 0 Å². The molecule has 1 aliphatic carbocycles. The summed E-state index contributed by atoms with van der Waals surface area (Å²) < 4.78 is 30.8. The Morgan fingerprint density at radius 2 is 1.40 bits per heavy atom. The van der Waals surface area contributed by atoms with Gasteiger partial charge in [-0.1, -0.05) is 67.6 Å². The van der Waals surface area contributed by atoms with Gasteiger partial charge in [-0.25, -0.2) is 4.57 Å². The monoisotopic (exact) mass is 356 g/mol. The summed E-state index contributed by atoms with van der Waals surface area (Å²) in [4.78, 5) is 0. The first kappa shape index (κ1) is 17.5. The Morgan fingerprint density at radius 1 is 0.880 bits per heavy atom. The summed E-state index contributed by atoms with van der Waals surface area (Å²) in [6.07, 6.45) is 7.68. The molecule has 4 nitrogen and oxygen atoms in total. The topological polar surface area (TPSA) is 44.8 Å². The fourth-order valence-corrected chi connectivity index (χ4v) is 4.03. The minimum absolute atomic E-state index is 0.0181. The average molecular weight is 356 g/mol. The van der Waals surface area contributed by atoms with E-state index in [2.05, 4.69) is 0 Å². The lowest BCUT2D eigenvalue weighted by molar-refractivity contribution is 0.0658. The van der Waals surface area contributed by atoms with Crippen LogP contribution >= 0.6 is 7.82 Å². The molecular formula is C20H21O4P. The second-order valence-electron chi connectivity index (χ2n) is 6.06. The molecule has 2 aromatic carbocycles. The molecule has 0 spiro atoms. The lowest BCUT2D eigenvalue weighted by atomic mass is 9.87. The predicted molar refractivity (Wildman–Crippen MR) is 98.7 cm³/mol. The van der Waals surface area contributed by atoms with Crippen molar-refractivity contribution >= 4 is 7.82 Å². The van der Waals surface area contributed by atoms with Gasteiger partial charge in [0.1, 0.15) is 17.1 Å². The first-order valence-corrected chi connectivity index (χ1v) is 9.61. The van der Waals surface area contributed by atoms with E-state index in [-0.39, 0.29) is 5.92 Å². The number of para-hydroxylation sites is 2. The normalized spacial score (nSPS) is 22.6. The predicted octanol–water partition coefficient (Wildman–Crippen LogP) is 5.79. The molecule has 2 unspecified atom stereocenters. The smallest absolute Gasteiger partial charge is 0.395 e. The molecule has 2 atom stereocenters. The van der Waals surface area contributed by atoms with E-state index >= 15 is 0 Å². The van der Waals surface area contributed by atoms with E-state index in [4.69, 9.17) is 13.6 Å². The molecule has 0 heterocycles. The molecular weight excluding hydrogens is 335 g/mol. The van der Waals surface area contributed by atoms with E-state index < -0.39 is 13.4 Å². The van der Waals surface area contributed by atoms with Crippen LogP contribution in [0.25, 0.3) is 0 Å². The second kappa shape index (κ2) is 7.30. The van der Waals surface area contributed by atoms with Crippen LogP contribution in [0, 0.1) is 5.92 Å². The summed E-state index contributed by atoms with van der Waals surface area (Å²) in [7, 11) is -3.92. The van der Waals surface area contributed by atoms with Crippen molar-refractivity contribution in [1.29, 1.82) is 0 Å². The van der Waals surface area contributed by atoms with Gasteiger partial charge in [0.15, 0.2) is 0 Å². The van der Waals surface area contributed by atoms with Crippen molar-refractivity contribution in [3.8, 4) is 11.5 Å². The number of hydrogen-bond acceptors (Lipinski definition) is 4.